The Hall–Kier alpha value is -2.41. The van der Waals surface area contributed by atoms with Gasteiger partial charge in [0.2, 0.25) is 0 Å². The van der Waals surface area contributed by atoms with Gasteiger partial charge in [0.25, 0.3) is 5.91 Å². The number of nitrogens with zero attached hydrogens (tertiary/aromatic N) is 2. The van der Waals surface area contributed by atoms with Crippen LogP contribution in [0.25, 0.3) is 5.65 Å². The van der Waals surface area contributed by atoms with Gasteiger partial charge in [-0.1, -0.05) is 6.07 Å². The van der Waals surface area contributed by atoms with E-state index >= 15 is 0 Å². The molecule has 3 rings (SSSR count). The SMILES string of the molecule is O=C(NCC1CCC(C(=O)O)O1)c1cn2ccccc2n1. The number of aromatic nitrogens is 2. The number of fused-ring (bicyclic) bond motifs is 1. The lowest BCUT2D eigenvalue weighted by Gasteiger charge is -2.11. The number of nitrogens with one attached hydrogen (secondary N) is 1. The molecule has 0 aromatic carbocycles. The molecule has 7 heteroatoms. The third-order valence-electron chi connectivity index (χ3n) is 3.47. The molecule has 0 aliphatic carbocycles. The number of carboxylic acid groups (broad SMARTS) is 1. The van der Waals surface area contributed by atoms with Gasteiger partial charge in [0.1, 0.15) is 11.3 Å². The van der Waals surface area contributed by atoms with Crippen LogP contribution in [0.1, 0.15) is 23.3 Å². The number of carbonyl (C=O) groups excluding carboxylic acids is 1. The van der Waals surface area contributed by atoms with Gasteiger partial charge in [0.05, 0.1) is 6.10 Å². The number of amides is 1. The highest BCUT2D eigenvalue weighted by Crippen LogP contribution is 2.19. The standard InChI is InChI=1S/C14H15N3O4/c18-13(10-8-17-6-2-1-3-12(17)16-10)15-7-9-4-5-11(21-9)14(19)20/h1-3,6,8-9,11H,4-5,7H2,(H,15,18)(H,19,20). The van der Waals surface area contributed by atoms with Crippen molar-refractivity contribution in [3.63, 3.8) is 0 Å². The molecule has 7 nitrogen and oxygen atoms in total. The second-order valence-electron chi connectivity index (χ2n) is 4.96. The summed E-state index contributed by atoms with van der Waals surface area (Å²) in [5.41, 5.74) is 1.03. The van der Waals surface area contributed by atoms with Crippen LogP contribution in [0.15, 0.2) is 30.6 Å². The van der Waals surface area contributed by atoms with E-state index < -0.39 is 12.1 Å². The zero-order chi connectivity index (χ0) is 14.8. The Morgan fingerprint density at radius 3 is 3.00 bits per heavy atom. The lowest BCUT2D eigenvalue weighted by atomic mass is 10.2. The number of ether oxygens (including phenoxy) is 1. The summed E-state index contributed by atoms with van der Waals surface area (Å²) in [5.74, 6) is -1.25. The summed E-state index contributed by atoms with van der Waals surface area (Å²) in [4.78, 5) is 27.0. The normalized spacial score (nSPS) is 21.5. The van der Waals surface area contributed by atoms with E-state index in [1.807, 2.05) is 24.4 Å². The van der Waals surface area contributed by atoms with Crippen molar-refractivity contribution < 1.29 is 19.4 Å². The summed E-state index contributed by atoms with van der Waals surface area (Å²) >= 11 is 0. The number of pyridine rings is 1. The minimum atomic E-state index is -0.954. The Bertz CT molecular complexity index is 649. The van der Waals surface area contributed by atoms with Crippen molar-refractivity contribution in [3.8, 4) is 0 Å². The molecular weight excluding hydrogens is 274 g/mol. The van der Waals surface area contributed by atoms with Gasteiger partial charge in [-0.2, -0.15) is 0 Å². The first-order chi connectivity index (χ1) is 10.1. The van der Waals surface area contributed by atoms with E-state index in [1.54, 1.807) is 10.6 Å². The molecule has 1 fully saturated rings. The number of hydrogen-bond acceptors (Lipinski definition) is 4. The van der Waals surface area contributed by atoms with E-state index in [0.29, 0.717) is 24.2 Å². The average Bonchev–Trinajstić information content (AvgIpc) is 3.11. The van der Waals surface area contributed by atoms with Crippen molar-refractivity contribution in [3.05, 3.63) is 36.3 Å². The minimum Gasteiger partial charge on any atom is -0.479 e. The summed E-state index contributed by atoms with van der Waals surface area (Å²) < 4.78 is 7.09. The lowest BCUT2D eigenvalue weighted by molar-refractivity contribution is -0.149. The number of carboxylic acids is 1. The van der Waals surface area contributed by atoms with E-state index in [-0.39, 0.29) is 18.6 Å². The van der Waals surface area contributed by atoms with Crippen LogP contribution in [-0.4, -0.2) is 45.1 Å². The van der Waals surface area contributed by atoms with Gasteiger partial charge in [-0.3, -0.25) is 4.79 Å². The highest BCUT2D eigenvalue weighted by Gasteiger charge is 2.30. The Kier molecular flexibility index (Phi) is 3.57. The van der Waals surface area contributed by atoms with Gasteiger partial charge in [-0.05, 0) is 25.0 Å². The molecule has 1 amide bonds. The van der Waals surface area contributed by atoms with Crippen LogP contribution in [0, 0.1) is 0 Å². The van der Waals surface area contributed by atoms with Crippen LogP contribution in [0.5, 0.6) is 0 Å². The molecule has 1 saturated heterocycles. The predicted octanol–water partition coefficient (Wildman–Crippen LogP) is 0.696. The van der Waals surface area contributed by atoms with E-state index in [2.05, 4.69) is 10.3 Å². The van der Waals surface area contributed by atoms with Crippen molar-refractivity contribution in [2.45, 2.75) is 25.0 Å². The summed E-state index contributed by atoms with van der Waals surface area (Å²) in [6.07, 6.45) is 3.55. The smallest absolute Gasteiger partial charge is 0.332 e. The summed E-state index contributed by atoms with van der Waals surface area (Å²) in [6, 6.07) is 5.52. The molecule has 2 aromatic rings. The largest absolute Gasteiger partial charge is 0.479 e. The molecule has 110 valence electrons. The zero-order valence-electron chi connectivity index (χ0n) is 11.2. The molecule has 1 aliphatic rings. The molecular formula is C14H15N3O4. The molecule has 2 N–H and O–H groups in total. The fourth-order valence-electron chi connectivity index (χ4n) is 2.38. The first-order valence-corrected chi connectivity index (χ1v) is 6.73. The van der Waals surface area contributed by atoms with Crippen LogP contribution >= 0.6 is 0 Å². The first-order valence-electron chi connectivity index (χ1n) is 6.73. The Morgan fingerprint density at radius 2 is 2.29 bits per heavy atom. The molecule has 2 aromatic heterocycles. The van der Waals surface area contributed by atoms with Gasteiger partial charge in [0, 0.05) is 18.9 Å². The minimum absolute atomic E-state index is 0.257. The molecule has 0 radical (unpaired) electrons. The van der Waals surface area contributed by atoms with E-state index in [9.17, 15) is 9.59 Å². The molecule has 3 heterocycles. The van der Waals surface area contributed by atoms with Crippen LogP contribution in [0.4, 0.5) is 0 Å². The maximum atomic E-state index is 12.0. The van der Waals surface area contributed by atoms with Crippen LogP contribution in [0.3, 0.4) is 0 Å². The predicted molar refractivity (Wildman–Crippen MR) is 73.1 cm³/mol. The van der Waals surface area contributed by atoms with Crippen molar-refractivity contribution in [2.24, 2.45) is 0 Å². The average molecular weight is 289 g/mol. The molecule has 21 heavy (non-hydrogen) atoms. The van der Waals surface area contributed by atoms with Crippen molar-refractivity contribution >= 4 is 17.5 Å². The second-order valence-corrected chi connectivity index (χ2v) is 4.96. The van der Waals surface area contributed by atoms with Crippen molar-refractivity contribution in [2.75, 3.05) is 6.54 Å². The molecule has 0 bridgehead atoms. The molecule has 1 aliphatic heterocycles. The van der Waals surface area contributed by atoms with E-state index in [1.165, 1.54) is 0 Å². The van der Waals surface area contributed by atoms with E-state index in [0.717, 1.165) is 0 Å². The highest BCUT2D eigenvalue weighted by molar-refractivity contribution is 5.92. The number of aliphatic carboxylic acids is 1. The quantitative estimate of drug-likeness (QED) is 0.864. The first kappa shape index (κ1) is 13.6. The lowest BCUT2D eigenvalue weighted by Crippen LogP contribution is -2.33. The number of imidazole rings is 1. The molecule has 2 atom stereocenters. The summed E-state index contributed by atoms with van der Waals surface area (Å²) in [5, 5.41) is 11.6. The summed E-state index contributed by atoms with van der Waals surface area (Å²) in [7, 11) is 0. The van der Waals surface area contributed by atoms with Gasteiger partial charge in [-0.15, -0.1) is 0 Å². The Morgan fingerprint density at radius 1 is 1.43 bits per heavy atom. The van der Waals surface area contributed by atoms with Gasteiger partial charge in [0.15, 0.2) is 6.10 Å². The Balaban J connectivity index is 1.58. The van der Waals surface area contributed by atoms with E-state index in [4.69, 9.17) is 9.84 Å². The highest BCUT2D eigenvalue weighted by atomic mass is 16.5. The van der Waals surface area contributed by atoms with Gasteiger partial charge < -0.3 is 19.6 Å². The maximum absolute atomic E-state index is 12.0. The molecule has 0 spiro atoms. The van der Waals surface area contributed by atoms with Gasteiger partial charge >= 0.3 is 5.97 Å². The number of carbonyl (C=O) groups is 2. The molecule has 2 unspecified atom stereocenters. The van der Waals surface area contributed by atoms with Gasteiger partial charge in [-0.25, -0.2) is 9.78 Å². The second kappa shape index (κ2) is 5.53. The third kappa shape index (κ3) is 2.87. The summed E-state index contributed by atoms with van der Waals surface area (Å²) in [6.45, 7) is 0.288. The zero-order valence-corrected chi connectivity index (χ0v) is 11.2. The Labute approximate surface area is 120 Å². The monoisotopic (exact) mass is 289 g/mol. The van der Waals surface area contributed by atoms with Crippen LogP contribution in [-0.2, 0) is 9.53 Å². The van der Waals surface area contributed by atoms with Crippen LogP contribution < -0.4 is 5.32 Å². The van der Waals surface area contributed by atoms with Crippen molar-refractivity contribution in [1.29, 1.82) is 0 Å². The van der Waals surface area contributed by atoms with Crippen LogP contribution in [0.2, 0.25) is 0 Å². The topological polar surface area (TPSA) is 92.9 Å². The fraction of sp³-hybridized carbons (Fsp3) is 0.357. The number of rotatable bonds is 4. The fourth-order valence-corrected chi connectivity index (χ4v) is 2.38. The van der Waals surface area contributed by atoms with Crippen molar-refractivity contribution in [1.82, 2.24) is 14.7 Å². The maximum Gasteiger partial charge on any atom is 0.332 e. The third-order valence-corrected chi connectivity index (χ3v) is 3.47. The molecule has 0 saturated carbocycles. The number of hydrogen-bond donors (Lipinski definition) is 2.